The SMILES string of the molecule is C[C@H]1CCc2c(N3CCC(O)(COc4cc(F)c(N5C[C@H](CO)OC5=O)c(F)n4)CC3)c(F)cc3c(=O)c(C(=O)O)cn1c23. The summed E-state index contributed by atoms with van der Waals surface area (Å²) in [6.07, 6.45) is 0.632. The van der Waals surface area contributed by atoms with Crippen LogP contribution < -0.4 is 20.0 Å². The van der Waals surface area contributed by atoms with E-state index in [0.29, 0.717) is 28.8 Å². The minimum Gasteiger partial charge on any atom is -0.477 e. The summed E-state index contributed by atoms with van der Waals surface area (Å²) in [7, 11) is 0. The summed E-state index contributed by atoms with van der Waals surface area (Å²) >= 11 is 0. The van der Waals surface area contributed by atoms with Gasteiger partial charge >= 0.3 is 12.1 Å². The van der Waals surface area contributed by atoms with Crippen molar-refractivity contribution >= 4 is 34.3 Å². The maximum atomic E-state index is 15.6. The molecule has 6 rings (SSSR count). The monoisotopic (exact) mass is 618 g/mol. The fourth-order valence-corrected chi connectivity index (χ4v) is 6.20. The van der Waals surface area contributed by atoms with Crippen LogP contribution >= 0.6 is 0 Å². The molecule has 0 saturated carbocycles. The van der Waals surface area contributed by atoms with Crippen molar-refractivity contribution in [3.05, 3.63) is 57.3 Å². The van der Waals surface area contributed by atoms with Crippen molar-refractivity contribution in [2.24, 2.45) is 0 Å². The second kappa shape index (κ2) is 11.0. The summed E-state index contributed by atoms with van der Waals surface area (Å²) in [5.41, 5.74) is -1.99. The number of nitrogens with zero attached hydrogens (tertiary/aromatic N) is 4. The van der Waals surface area contributed by atoms with Crippen molar-refractivity contribution in [2.45, 2.75) is 50.4 Å². The van der Waals surface area contributed by atoms with E-state index in [1.165, 1.54) is 6.20 Å². The number of benzene rings is 1. The Labute approximate surface area is 247 Å². The molecule has 5 heterocycles. The van der Waals surface area contributed by atoms with Crippen LogP contribution in [0.1, 0.15) is 48.1 Å². The molecule has 2 saturated heterocycles. The van der Waals surface area contributed by atoms with Crippen molar-refractivity contribution in [1.29, 1.82) is 0 Å². The molecule has 3 N–H and O–H groups in total. The summed E-state index contributed by atoms with van der Waals surface area (Å²) < 4.78 is 57.1. The third-order valence-electron chi connectivity index (χ3n) is 8.58. The molecule has 1 amide bonds. The van der Waals surface area contributed by atoms with Crippen LogP contribution in [-0.2, 0) is 11.2 Å². The Morgan fingerprint density at radius 1 is 1.16 bits per heavy atom. The molecule has 0 spiro atoms. The average molecular weight is 619 g/mol. The lowest BCUT2D eigenvalue weighted by atomic mass is 9.89. The number of pyridine rings is 2. The van der Waals surface area contributed by atoms with Crippen LogP contribution in [0.25, 0.3) is 10.9 Å². The van der Waals surface area contributed by atoms with E-state index in [1.807, 2.05) is 6.92 Å². The first-order valence-corrected chi connectivity index (χ1v) is 14.1. The fraction of sp³-hybridized carbons (Fsp3) is 0.448. The van der Waals surface area contributed by atoms with E-state index < -0.39 is 70.5 Å². The number of cyclic esters (lactones) is 1. The van der Waals surface area contributed by atoms with Crippen molar-refractivity contribution in [3.63, 3.8) is 0 Å². The van der Waals surface area contributed by atoms with Gasteiger partial charge in [0.2, 0.25) is 17.3 Å². The molecule has 2 aromatic heterocycles. The number of aliphatic hydroxyl groups excluding tert-OH is 1. The zero-order chi connectivity index (χ0) is 31.5. The number of aromatic nitrogens is 2. The van der Waals surface area contributed by atoms with Gasteiger partial charge in [0.05, 0.1) is 24.4 Å². The van der Waals surface area contributed by atoms with Gasteiger partial charge in [0.1, 0.15) is 35.4 Å². The standard InChI is InChI=1S/C29H29F3N4O8/c1-14-2-3-16-22-17(25(38)18(27(39)40)11-35(14)22)8-19(30)23(16)34-6-4-29(42,5-7-34)13-43-21-9-20(31)24(26(32)33-21)36-10-15(12-37)44-28(36)41/h8-9,11,14-15,37,42H,2-7,10,12-13H2,1H3,(H,39,40)/t14-,15+/m0/s1. The van der Waals surface area contributed by atoms with Crippen LogP contribution in [-0.4, -0.2) is 81.5 Å². The molecule has 3 aromatic rings. The molecule has 0 aliphatic carbocycles. The van der Waals surface area contributed by atoms with Gasteiger partial charge in [-0.25, -0.2) is 18.4 Å². The Morgan fingerprint density at radius 2 is 1.86 bits per heavy atom. The van der Waals surface area contributed by atoms with Gasteiger partial charge in [0, 0.05) is 42.3 Å². The Kier molecular flexibility index (Phi) is 7.40. The van der Waals surface area contributed by atoms with Gasteiger partial charge in [0.15, 0.2) is 5.82 Å². The smallest absolute Gasteiger partial charge is 0.415 e. The number of hydrogen-bond donors (Lipinski definition) is 3. The second-order valence-electron chi connectivity index (χ2n) is 11.4. The number of anilines is 2. The van der Waals surface area contributed by atoms with Gasteiger partial charge in [-0.1, -0.05) is 0 Å². The molecule has 0 radical (unpaired) electrons. The number of ether oxygens (including phenoxy) is 2. The molecule has 3 aliphatic rings. The maximum Gasteiger partial charge on any atom is 0.415 e. The zero-order valence-electron chi connectivity index (χ0n) is 23.6. The number of halogens is 3. The summed E-state index contributed by atoms with van der Waals surface area (Å²) in [5.74, 6) is -4.98. The van der Waals surface area contributed by atoms with E-state index in [-0.39, 0.29) is 56.2 Å². The third-order valence-corrected chi connectivity index (χ3v) is 8.58. The molecule has 15 heteroatoms. The lowest BCUT2D eigenvalue weighted by molar-refractivity contribution is -0.0256. The highest BCUT2D eigenvalue weighted by Crippen LogP contribution is 2.40. The number of carbonyl (C=O) groups is 2. The van der Waals surface area contributed by atoms with Crippen molar-refractivity contribution in [1.82, 2.24) is 9.55 Å². The van der Waals surface area contributed by atoms with Crippen molar-refractivity contribution < 1.29 is 47.6 Å². The van der Waals surface area contributed by atoms with Gasteiger partial charge in [-0.3, -0.25) is 9.69 Å². The molecule has 2 fully saturated rings. The third kappa shape index (κ3) is 4.99. The van der Waals surface area contributed by atoms with Crippen LogP contribution in [0.5, 0.6) is 5.88 Å². The van der Waals surface area contributed by atoms with E-state index in [9.17, 15) is 33.4 Å². The van der Waals surface area contributed by atoms with Crippen LogP contribution in [0, 0.1) is 17.6 Å². The summed E-state index contributed by atoms with van der Waals surface area (Å²) in [6.45, 7) is 1.14. The topological polar surface area (TPSA) is 155 Å². The molecule has 234 valence electrons. The highest BCUT2D eigenvalue weighted by Gasteiger charge is 2.38. The normalized spacial score (nSPS) is 21.1. The summed E-state index contributed by atoms with van der Waals surface area (Å²) in [6, 6.07) is 1.75. The molecule has 1 aromatic carbocycles. The number of aryl methyl sites for hydroxylation is 1. The Balaban J connectivity index is 1.19. The Bertz CT molecular complexity index is 1720. The first-order valence-electron chi connectivity index (χ1n) is 14.1. The Morgan fingerprint density at radius 3 is 2.50 bits per heavy atom. The number of carboxylic acids is 1. The van der Waals surface area contributed by atoms with Gasteiger partial charge in [-0.05, 0) is 38.7 Å². The molecule has 3 aliphatic heterocycles. The molecular weight excluding hydrogens is 589 g/mol. The number of aliphatic hydroxyl groups is 2. The number of carbonyl (C=O) groups excluding carboxylic acids is 1. The van der Waals surface area contributed by atoms with E-state index >= 15 is 4.39 Å². The molecular formula is C29H29F3N4O8. The highest BCUT2D eigenvalue weighted by atomic mass is 19.1. The lowest BCUT2D eigenvalue weighted by Crippen LogP contribution is -2.48. The molecule has 44 heavy (non-hydrogen) atoms. The number of rotatable bonds is 7. The van der Waals surface area contributed by atoms with E-state index in [1.54, 1.807) is 9.47 Å². The number of piperidine rings is 1. The average Bonchev–Trinajstić information content (AvgIpc) is 3.35. The van der Waals surface area contributed by atoms with Crippen LogP contribution in [0.15, 0.2) is 23.1 Å². The first-order chi connectivity index (χ1) is 20.9. The van der Waals surface area contributed by atoms with Crippen molar-refractivity contribution in [3.8, 4) is 5.88 Å². The van der Waals surface area contributed by atoms with Gasteiger partial charge in [0.25, 0.3) is 0 Å². The largest absolute Gasteiger partial charge is 0.477 e. The minimum absolute atomic E-state index is 0.00225. The number of aromatic carboxylic acids is 1. The number of amides is 1. The number of hydrogen-bond acceptors (Lipinski definition) is 9. The van der Waals surface area contributed by atoms with E-state index in [4.69, 9.17) is 14.6 Å². The quantitative estimate of drug-likeness (QED) is 0.337. The predicted octanol–water partition coefficient (Wildman–Crippen LogP) is 2.75. The lowest BCUT2D eigenvalue weighted by Gasteiger charge is -2.40. The first kappa shape index (κ1) is 29.7. The predicted molar refractivity (Wildman–Crippen MR) is 149 cm³/mol. The van der Waals surface area contributed by atoms with Crippen molar-refractivity contribution in [2.75, 3.05) is 42.6 Å². The van der Waals surface area contributed by atoms with Crippen LogP contribution in [0.2, 0.25) is 0 Å². The molecule has 2 atom stereocenters. The summed E-state index contributed by atoms with van der Waals surface area (Å²) in [4.78, 5) is 42.5. The second-order valence-corrected chi connectivity index (χ2v) is 11.4. The van der Waals surface area contributed by atoms with E-state index in [0.717, 1.165) is 12.1 Å². The molecule has 0 unspecified atom stereocenters. The molecule has 0 bridgehead atoms. The highest BCUT2D eigenvalue weighted by molar-refractivity contribution is 5.95. The fourth-order valence-electron chi connectivity index (χ4n) is 6.20. The van der Waals surface area contributed by atoms with Crippen LogP contribution in [0.3, 0.4) is 0 Å². The molecule has 12 nitrogen and oxygen atoms in total. The Hall–Kier alpha value is -4.37. The zero-order valence-corrected chi connectivity index (χ0v) is 23.6. The van der Waals surface area contributed by atoms with Gasteiger partial charge < -0.3 is 34.3 Å². The van der Waals surface area contributed by atoms with E-state index in [2.05, 4.69) is 4.98 Å². The number of carboxylic acid groups (broad SMARTS) is 1. The van der Waals surface area contributed by atoms with Gasteiger partial charge in [-0.15, -0.1) is 0 Å². The minimum atomic E-state index is -1.44. The van der Waals surface area contributed by atoms with Crippen LogP contribution in [0.4, 0.5) is 29.3 Å². The summed E-state index contributed by atoms with van der Waals surface area (Å²) in [5, 5.41) is 29.9. The maximum absolute atomic E-state index is 15.6. The van der Waals surface area contributed by atoms with Gasteiger partial charge in [-0.2, -0.15) is 9.37 Å².